The van der Waals surface area contributed by atoms with Crippen LogP contribution in [0.2, 0.25) is 0 Å². The monoisotopic (exact) mass is 414 g/mol. The molecule has 0 spiro atoms. The molecule has 2 aliphatic carbocycles. The van der Waals surface area contributed by atoms with Crippen molar-refractivity contribution in [2.24, 2.45) is 5.92 Å². The number of hydrogen-bond acceptors (Lipinski definition) is 6. The lowest BCUT2D eigenvalue weighted by Crippen LogP contribution is -2.34. The smallest absolute Gasteiger partial charge is 0.223 e. The maximum Gasteiger partial charge on any atom is 0.223 e. The van der Waals surface area contributed by atoms with Gasteiger partial charge in [0.05, 0.1) is 11.9 Å². The number of ketones is 1. The Morgan fingerprint density at radius 2 is 1.90 bits per heavy atom. The average molecular weight is 415 g/mol. The number of halogens is 1. The van der Waals surface area contributed by atoms with Crippen LogP contribution in [0.4, 0.5) is 10.3 Å². The van der Waals surface area contributed by atoms with Gasteiger partial charge in [-0.25, -0.2) is 14.4 Å². The molecule has 2 aromatic rings. The van der Waals surface area contributed by atoms with E-state index in [1.807, 2.05) is 13.8 Å². The number of pyridine rings is 1. The van der Waals surface area contributed by atoms with Crippen molar-refractivity contribution in [3.05, 3.63) is 36.0 Å². The van der Waals surface area contributed by atoms with Crippen LogP contribution in [0.1, 0.15) is 71.4 Å². The SMILES string of the molecule is CC.CC(=O)C1CCC(Nc2ncc(F)c(-c3ccnc(C4(O)CCC4)c3)n2)CC1. The lowest BCUT2D eigenvalue weighted by molar-refractivity contribution is -0.121. The zero-order valence-corrected chi connectivity index (χ0v) is 18.0. The molecule has 2 aliphatic rings. The van der Waals surface area contributed by atoms with Crippen molar-refractivity contribution in [1.29, 1.82) is 0 Å². The Morgan fingerprint density at radius 3 is 2.50 bits per heavy atom. The molecular weight excluding hydrogens is 383 g/mol. The Labute approximate surface area is 177 Å². The fourth-order valence-corrected chi connectivity index (χ4v) is 4.07. The summed E-state index contributed by atoms with van der Waals surface area (Å²) in [6.07, 6.45) is 8.50. The van der Waals surface area contributed by atoms with E-state index < -0.39 is 11.4 Å². The highest BCUT2D eigenvalue weighted by atomic mass is 19.1. The molecule has 0 unspecified atom stereocenters. The number of hydrogen-bond donors (Lipinski definition) is 2. The van der Waals surface area contributed by atoms with Gasteiger partial charge in [-0.3, -0.25) is 9.78 Å². The number of Topliss-reactive ketones (excluding diaryl/α,β-unsaturated/α-hetero) is 1. The molecule has 0 saturated heterocycles. The molecule has 6 nitrogen and oxygen atoms in total. The van der Waals surface area contributed by atoms with E-state index in [9.17, 15) is 14.3 Å². The molecule has 0 bridgehead atoms. The standard InChI is InChI=1S/C21H25FN4O2.C2H6/c1-13(27)14-3-5-16(6-4-14)25-20-24-12-17(22)19(26-20)15-7-10-23-18(11-15)21(28)8-2-9-21;1-2/h7,10-12,14,16,28H,2-6,8-9H2,1H3,(H,24,25,26);1-2H3. The molecule has 30 heavy (non-hydrogen) atoms. The molecule has 7 heteroatoms. The van der Waals surface area contributed by atoms with E-state index in [1.54, 1.807) is 25.3 Å². The van der Waals surface area contributed by atoms with Gasteiger partial charge >= 0.3 is 0 Å². The van der Waals surface area contributed by atoms with Crippen molar-refractivity contribution >= 4 is 11.7 Å². The van der Waals surface area contributed by atoms with Crippen LogP contribution in [-0.4, -0.2) is 31.9 Å². The summed E-state index contributed by atoms with van der Waals surface area (Å²) >= 11 is 0. The van der Waals surface area contributed by atoms with Crippen LogP contribution in [0.25, 0.3) is 11.3 Å². The number of rotatable bonds is 5. The largest absolute Gasteiger partial charge is 0.384 e. The Bertz CT molecular complexity index is 877. The van der Waals surface area contributed by atoms with Gasteiger partial charge in [0, 0.05) is 23.7 Å². The number of aromatic nitrogens is 3. The highest BCUT2D eigenvalue weighted by Gasteiger charge is 2.37. The van der Waals surface area contributed by atoms with E-state index in [0.29, 0.717) is 30.0 Å². The number of carbonyl (C=O) groups is 1. The summed E-state index contributed by atoms with van der Waals surface area (Å²) in [5.74, 6) is 0.266. The van der Waals surface area contributed by atoms with Crippen molar-refractivity contribution < 1.29 is 14.3 Å². The second-order valence-corrected chi connectivity index (χ2v) is 8.01. The van der Waals surface area contributed by atoms with Gasteiger partial charge < -0.3 is 10.4 Å². The van der Waals surface area contributed by atoms with E-state index in [4.69, 9.17) is 0 Å². The molecule has 2 heterocycles. The molecule has 0 aliphatic heterocycles. The lowest BCUT2D eigenvalue weighted by Gasteiger charge is -2.36. The van der Waals surface area contributed by atoms with E-state index in [-0.39, 0.29) is 23.4 Å². The lowest BCUT2D eigenvalue weighted by atomic mass is 9.77. The van der Waals surface area contributed by atoms with Crippen molar-refractivity contribution in [3.63, 3.8) is 0 Å². The minimum atomic E-state index is -0.907. The number of nitrogens with zero attached hydrogens (tertiary/aromatic N) is 3. The van der Waals surface area contributed by atoms with E-state index in [2.05, 4.69) is 20.3 Å². The van der Waals surface area contributed by atoms with Crippen molar-refractivity contribution in [1.82, 2.24) is 15.0 Å². The number of aliphatic hydroxyl groups is 1. The Kier molecular flexibility index (Phi) is 7.13. The summed E-state index contributed by atoms with van der Waals surface area (Å²) in [4.78, 5) is 24.2. The van der Waals surface area contributed by atoms with Crippen molar-refractivity contribution in [2.75, 3.05) is 5.32 Å². The summed E-state index contributed by atoms with van der Waals surface area (Å²) in [6, 6.07) is 3.59. The van der Waals surface area contributed by atoms with E-state index in [0.717, 1.165) is 32.1 Å². The van der Waals surface area contributed by atoms with Crippen LogP contribution in [0.3, 0.4) is 0 Å². The highest BCUT2D eigenvalue weighted by Crippen LogP contribution is 2.41. The average Bonchev–Trinajstić information content (AvgIpc) is 2.75. The summed E-state index contributed by atoms with van der Waals surface area (Å²) < 4.78 is 14.4. The predicted octanol–water partition coefficient (Wildman–Crippen LogP) is 4.64. The minimum Gasteiger partial charge on any atom is -0.384 e. The van der Waals surface area contributed by atoms with Crippen LogP contribution in [0.15, 0.2) is 24.5 Å². The fourth-order valence-electron chi connectivity index (χ4n) is 4.07. The van der Waals surface area contributed by atoms with Crippen molar-refractivity contribution in [3.8, 4) is 11.3 Å². The maximum absolute atomic E-state index is 14.4. The van der Waals surface area contributed by atoms with Crippen LogP contribution < -0.4 is 5.32 Å². The number of nitrogens with one attached hydrogen (secondary N) is 1. The van der Waals surface area contributed by atoms with Crippen LogP contribution >= 0.6 is 0 Å². The molecule has 2 aromatic heterocycles. The molecule has 2 fully saturated rings. The van der Waals surface area contributed by atoms with Gasteiger partial charge in [0.15, 0.2) is 5.82 Å². The first-order valence-corrected chi connectivity index (χ1v) is 10.9. The van der Waals surface area contributed by atoms with Crippen LogP contribution in [0, 0.1) is 11.7 Å². The normalized spacial score (nSPS) is 22.3. The summed E-state index contributed by atoms with van der Waals surface area (Å²) in [5.41, 5.74) is 0.428. The molecule has 0 aromatic carbocycles. The van der Waals surface area contributed by atoms with Gasteiger partial charge in [-0.05, 0) is 64.0 Å². The first-order valence-electron chi connectivity index (χ1n) is 10.9. The van der Waals surface area contributed by atoms with E-state index in [1.165, 1.54) is 6.20 Å². The van der Waals surface area contributed by atoms with Gasteiger partial charge in [0.1, 0.15) is 17.1 Å². The zero-order valence-electron chi connectivity index (χ0n) is 18.0. The molecule has 4 rings (SSSR count). The summed E-state index contributed by atoms with van der Waals surface area (Å²) in [5, 5.41) is 13.8. The molecule has 162 valence electrons. The Morgan fingerprint density at radius 1 is 1.20 bits per heavy atom. The molecular formula is C23H31FN4O2. The molecule has 2 N–H and O–H groups in total. The highest BCUT2D eigenvalue weighted by molar-refractivity contribution is 5.78. The Balaban J connectivity index is 0.00000124. The zero-order chi connectivity index (χ0) is 21.7. The second-order valence-electron chi connectivity index (χ2n) is 8.01. The first-order chi connectivity index (χ1) is 14.4. The maximum atomic E-state index is 14.4. The van der Waals surface area contributed by atoms with Gasteiger partial charge in [0.25, 0.3) is 0 Å². The summed E-state index contributed by atoms with van der Waals surface area (Å²) in [6.45, 7) is 5.65. The van der Waals surface area contributed by atoms with Crippen LogP contribution in [-0.2, 0) is 10.4 Å². The predicted molar refractivity (Wildman–Crippen MR) is 114 cm³/mol. The molecule has 0 atom stereocenters. The van der Waals surface area contributed by atoms with Gasteiger partial charge in [-0.2, -0.15) is 0 Å². The topological polar surface area (TPSA) is 88.0 Å². The van der Waals surface area contributed by atoms with Gasteiger partial charge in [0.2, 0.25) is 5.95 Å². The number of carbonyl (C=O) groups excluding carboxylic acids is 1. The third-order valence-corrected chi connectivity index (χ3v) is 6.07. The summed E-state index contributed by atoms with van der Waals surface area (Å²) in [7, 11) is 0. The molecule has 0 radical (unpaired) electrons. The molecule has 0 amide bonds. The third-order valence-electron chi connectivity index (χ3n) is 6.07. The third kappa shape index (κ3) is 4.83. The van der Waals surface area contributed by atoms with Crippen LogP contribution in [0.5, 0.6) is 0 Å². The fraction of sp³-hybridized carbons (Fsp3) is 0.565. The quantitative estimate of drug-likeness (QED) is 0.741. The molecule has 2 saturated carbocycles. The van der Waals surface area contributed by atoms with Gasteiger partial charge in [-0.15, -0.1) is 0 Å². The second kappa shape index (κ2) is 9.60. The Hall–Kier alpha value is -2.41. The van der Waals surface area contributed by atoms with Crippen molar-refractivity contribution in [2.45, 2.75) is 77.4 Å². The van der Waals surface area contributed by atoms with Gasteiger partial charge in [-0.1, -0.05) is 13.8 Å². The first kappa shape index (κ1) is 22.3. The minimum absolute atomic E-state index is 0.148. The number of anilines is 1. The van der Waals surface area contributed by atoms with E-state index >= 15 is 0 Å².